The minimum Gasteiger partial charge on any atom is -0.475 e. The van der Waals surface area contributed by atoms with Gasteiger partial charge >= 0.3 is 0 Å². The van der Waals surface area contributed by atoms with Gasteiger partial charge in [-0.2, -0.15) is 4.98 Å². The fourth-order valence-electron chi connectivity index (χ4n) is 1.56. The molecule has 0 aromatic carbocycles. The zero-order valence-corrected chi connectivity index (χ0v) is 11.4. The van der Waals surface area contributed by atoms with Crippen LogP contribution < -0.4 is 15.8 Å². The summed E-state index contributed by atoms with van der Waals surface area (Å²) in [6.45, 7) is 5.63. The van der Waals surface area contributed by atoms with Crippen LogP contribution in [0.15, 0.2) is 12.3 Å². The second-order valence-electron chi connectivity index (χ2n) is 4.51. The van der Waals surface area contributed by atoms with E-state index in [1.807, 2.05) is 13.8 Å². The molecule has 0 radical (unpaired) electrons. The summed E-state index contributed by atoms with van der Waals surface area (Å²) in [7, 11) is 0. The Morgan fingerprint density at radius 1 is 1.28 bits per heavy atom. The topological polar surface area (TPSA) is 73.1 Å². The van der Waals surface area contributed by atoms with Crippen LogP contribution in [0.25, 0.3) is 0 Å². The van der Waals surface area contributed by atoms with Gasteiger partial charge in [0.1, 0.15) is 0 Å². The molecule has 1 heterocycles. The summed E-state index contributed by atoms with van der Waals surface area (Å²) in [6, 6.07) is 1.77. The van der Waals surface area contributed by atoms with E-state index in [-0.39, 0.29) is 6.10 Å². The summed E-state index contributed by atoms with van der Waals surface area (Å²) in [5.41, 5.74) is 5.44. The van der Waals surface area contributed by atoms with Crippen molar-refractivity contribution in [2.75, 3.05) is 18.4 Å². The van der Waals surface area contributed by atoms with Gasteiger partial charge in [-0.3, -0.25) is 0 Å². The van der Waals surface area contributed by atoms with E-state index in [0.29, 0.717) is 11.8 Å². The van der Waals surface area contributed by atoms with Gasteiger partial charge in [0.2, 0.25) is 11.8 Å². The molecule has 18 heavy (non-hydrogen) atoms. The molecule has 5 nitrogen and oxygen atoms in total. The van der Waals surface area contributed by atoms with E-state index in [2.05, 4.69) is 15.3 Å². The predicted molar refractivity (Wildman–Crippen MR) is 73.8 cm³/mol. The molecule has 3 N–H and O–H groups in total. The van der Waals surface area contributed by atoms with Gasteiger partial charge < -0.3 is 15.8 Å². The highest BCUT2D eigenvalue weighted by molar-refractivity contribution is 5.27. The minimum absolute atomic E-state index is 0.129. The highest BCUT2D eigenvalue weighted by Gasteiger charge is 2.01. The molecule has 0 fully saturated rings. The Labute approximate surface area is 109 Å². The Bertz CT molecular complexity index is 331. The minimum atomic E-state index is 0.129. The average molecular weight is 252 g/mol. The number of hydrogen-bond donors (Lipinski definition) is 2. The fraction of sp³-hybridized carbons (Fsp3) is 0.692. The molecule has 0 aliphatic rings. The third-order valence-electron chi connectivity index (χ3n) is 2.40. The van der Waals surface area contributed by atoms with Crippen LogP contribution in [0, 0.1) is 0 Å². The van der Waals surface area contributed by atoms with Crippen LogP contribution in [0.5, 0.6) is 5.88 Å². The smallest absolute Gasteiger partial charge is 0.225 e. The largest absolute Gasteiger partial charge is 0.475 e. The molecule has 0 aliphatic heterocycles. The quantitative estimate of drug-likeness (QED) is 0.659. The van der Waals surface area contributed by atoms with E-state index in [9.17, 15) is 0 Å². The molecule has 1 aromatic rings. The lowest BCUT2D eigenvalue weighted by Crippen LogP contribution is -2.10. The van der Waals surface area contributed by atoms with Crippen molar-refractivity contribution in [3.8, 4) is 5.88 Å². The van der Waals surface area contributed by atoms with Gasteiger partial charge in [-0.25, -0.2) is 4.98 Å². The molecule has 5 heteroatoms. The molecular formula is C13H24N4O. The van der Waals surface area contributed by atoms with Gasteiger partial charge in [0.05, 0.1) is 6.10 Å². The van der Waals surface area contributed by atoms with E-state index in [0.717, 1.165) is 25.9 Å². The molecule has 1 aromatic heterocycles. The van der Waals surface area contributed by atoms with Crippen molar-refractivity contribution in [3.05, 3.63) is 12.3 Å². The van der Waals surface area contributed by atoms with Crippen LogP contribution >= 0.6 is 0 Å². The Morgan fingerprint density at radius 3 is 2.78 bits per heavy atom. The number of rotatable bonds is 9. The molecule has 0 saturated carbocycles. The number of ether oxygens (including phenoxy) is 1. The lowest BCUT2D eigenvalue weighted by molar-refractivity contribution is 0.232. The molecule has 0 bridgehead atoms. The van der Waals surface area contributed by atoms with E-state index in [1.165, 1.54) is 12.8 Å². The van der Waals surface area contributed by atoms with Crippen LogP contribution in [0.4, 0.5) is 5.95 Å². The maximum atomic E-state index is 5.51. The van der Waals surface area contributed by atoms with Gasteiger partial charge in [0, 0.05) is 18.8 Å². The first-order valence-corrected chi connectivity index (χ1v) is 6.66. The van der Waals surface area contributed by atoms with E-state index in [1.54, 1.807) is 12.3 Å². The molecule has 0 spiro atoms. The van der Waals surface area contributed by atoms with E-state index in [4.69, 9.17) is 10.5 Å². The van der Waals surface area contributed by atoms with Gasteiger partial charge in [-0.05, 0) is 33.2 Å². The molecule has 0 aliphatic carbocycles. The van der Waals surface area contributed by atoms with Crippen molar-refractivity contribution in [2.45, 2.75) is 45.6 Å². The average Bonchev–Trinajstić information content (AvgIpc) is 2.33. The Hall–Kier alpha value is -1.36. The van der Waals surface area contributed by atoms with Crippen LogP contribution in [0.1, 0.15) is 39.5 Å². The number of nitrogens with zero attached hydrogens (tertiary/aromatic N) is 2. The van der Waals surface area contributed by atoms with E-state index >= 15 is 0 Å². The number of unbranched alkanes of at least 4 members (excludes halogenated alkanes) is 3. The van der Waals surface area contributed by atoms with Crippen molar-refractivity contribution >= 4 is 5.95 Å². The summed E-state index contributed by atoms with van der Waals surface area (Å²) >= 11 is 0. The molecular weight excluding hydrogens is 228 g/mol. The summed E-state index contributed by atoms with van der Waals surface area (Å²) in [4.78, 5) is 8.44. The molecule has 102 valence electrons. The monoisotopic (exact) mass is 252 g/mol. The molecule has 0 unspecified atom stereocenters. The molecule has 0 amide bonds. The first-order valence-electron chi connectivity index (χ1n) is 6.66. The summed E-state index contributed by atoms with van der Waals surface area (Å²) in [6.07, 6.45) is 6.43. The van der Waals surface area contributed by atoms with Crippen LogP contribution in [-0.4, -0.2) is 29.2 Å². The number of hydrogen-bond acceptors (Lipinski definition) is 5. The maximum absolute atomic E-state index is 5.51. The summed E-state index contributed by atoms with van der Waals surface area (Å²) in [5.74, 6) is 1.25. The standard InChI is InChI=1S/C13H24N4O/c1-11(2)18-12-7-10-16-13(17-12)15-9-6-4-3-5-8-14/h7,10-11H,3-6,8-9,14H2,1-2H3,(H,15,16,17). The predicted octanol–water partition coefficient (Wildman–Crippen LogP) is 2.19. The van der Waals surface area contributed by atoms with Gasteiger partial charge in [0.25, 0.3) is 0 Å². The van der Waals surface area contributed by atoms with Crippen LogP contribution in [0.2, 0.25) is 0 Å². The van der Waals surface area contributed by atoms with Crippen LogP contribution in [-0.2, 0) is 0 Å². The SMILES string of the molecule is CC(C)Oc1ccnc(NCCCCCCN)n1. The van der Waals surface area contributed by atoms with Crippen molar-refractivity contribution in [3.63, 3.8) is 0 Å². The van der Waals surface area contributed by atoms with Crippen molar-refractivity contribution < 1.29 is 4.74 Å². The highest BCUT2D eigenvalue weighted by Crippen LogP contribution is 2.10. The lowest BCUT2D eigenvalue weighted by atomic mass is 10.2. The maximum Gasteiger partial charge on any atom is 0.225 e. The molecule has 1 rings (SSSR count). The van der Waals surface area contributed by atoms with Crippen molar-refractivity contribution in [1.29, 1.82) is 0 Å². The van der Waals surface area contributed by atoms with Gasteiger partial charge in [-0.15, -0.1) is 0 Å². The number of anilines is 1. The Morgan fingerprint density at radius 2 is 2.06 bits per heavy atom. The third kappa shape index (κ3) is 6.39. The number of nitrogens with two attached hydrogens (primary N) is 1. The second-order valence-corrected chi connectivity index (χ2v) is 4.51. The number of aromatic nitrogens is 2. The normalized spacial score (nSPS) is 10.7. The zero-order valence-electron chi connectivity index (χ0n) is 11.4. The first kappa shape index (κ1) is 14.7. The van der Waals surface area contributed by atoms with Crippen molar-refractivity contribution in [2.24, 2.45) is 5.73 Å². The van der Waals surface area contributed by atoms with Crippen molar-refractivity contribution in [1.82, 2.24) is 9.97 Å². The first-order chi connectivity index (χ1) is 8.72. The summed E-state index contributed by atoms with van der Waals surface area (Å²) < 4.78 is 5.51. The van der Waals surface area contributed by atoms with E-state index < -0.39 is 0 Å². The lowest BCUT2D eigenvalue weighted by Gasteiger charge is -2.10. The summed E-state index contributed by atoms with van der Waals surface area (Å²) in [5, 5.41) is 3.20. The molecule has 0 saturated heterocycles. The van der Waals surface area contributed by atoms with Gasteiger partial charge in [-0.1, -0.05) is 12.8 Å². The highest BCUT2D eigenvalue weighted by atomic mass is 16.5. The molecule has 0 atom stereocenters. The third-order valence-corrected chi connectivity index (χ3v) is 2.40. The van der Waals surface area contributed by atoms with Crippen LogP contribution in [0.3, 0.4) is 0 Å². The Kier molecular flexibility index (Phi) is 7.10. The second kappa shape index (κ2) is 8.69. The zero-order chi connectivity index (χ0) is 13.2. The fourth-order valence-corrected chi connectivity index (χ4v) is 1.56. The van der Waals surface area contributed by atoms with Gasteiger partial charge in [0.15, 0.2) is 0 Å². The number of nitrogens with one attached hydrogen (secondary N) is 1. The Balaban J connectivity index is 2.25.